The monoisotopic (exact) mass is 197 g/mol. The standard InChI is InChI=1S/C11H23N3/c1-4-6-13-7-8-14(11(13)12)9-10(3)5-2/h10,12H,4-9H2,1-3H3. The van der Waals surface area contributed by atoms with Crippen molar-refractivity contribution in [2.24, 2.45) is 5.92 Å². The minimum absolute atomic E-state index is 0.705. The maximum Gasteiger partial charge on any atom is 0.193 e. The molecule has 0 aliphatic carbocycles. The normalized spacial score (nSPS) is 19.2. The van der Waals surface area contributed by atoms with Crippen molar-refractivity contribution >= 4 is 5.96 Å². The van der Waals surface area contributed by atoms with Crippen LogP contribution in [0.3, 0.4) is 0 Å². The van der Waals surface area contributed by atoms with E-state index in [1.807, 2.05) is 0 Å². The molecule has 0 aromatic rings. The first kappa shape index (κ1) is 11.3. The van der Waals surface area contributed by atoms with Gasteiger partial charge >= 0.3 is 0 Å². The van der Waals surface area contributed by atoms with Crippen LogP contribution in [-0.2, 0) is 0 Å². The van der Waals surface area contributed by atoms with Crippen molar-refractivity contribution in [2.75, 3.05) is 26.2 Å². The van der Waals surface area contributed by atoms with Crippen molar-refractivity contribution in [3.63, 3.8) is 0 Å². The Bertz CT molecular complexity index is 191. The number of guanidine groups is 1. The molecular weight excluding hydrogens is 174 g/mol. The second kappa shape index (κ2) is 5.23. The summed E-state index contributed by atoms with van der Waals surface area (Å²) in [7, 11) is 0. The van der Waals surface area contributed by atoms with E-state index < -0.39 is 0 Å². The summed E-state index contributed by atoms with van der Waals surface area (Å²) in [6.45, 7) is 10.8. The molecule has 1 rings (SSSR count). The lowest BCUT2D eigenvalue weighted by molar-refractivity contribution is 0.370. The van der Waals surface area contributed by atoms with Gasteiger partial charge in [-0.3, -0.25) is 5.41 Å². The van der Waals surface area contributed by atoms with Crippen LogP contribution in [0.4, 0.5) is 0 Å². The highest BCUT2D eigenvalue weighted by molar-refractivity contribution is 5.78. The molecule has 0 aromatic heterocycles. The zero-order valence-corrected chi connectivity index (χ0v) is 9.71. The quantitative estimate of drug-likeness (QED) is 0.730. The van der Waals surface area contributed by atoms with Gasteiger partial charge in [0.1, 0.15) is 0 Å². The van der Waals surface area contributed by atoms with Crippen LogP contribution in [0, 0.1) is 11.3 Å². The van der Waals surface area contributed by atoms with E-state index in [9.17, 15) is 0 Å². The maximum atomic E-state index is 7.99. The molecule has 82 valence electrons. The summed E-state index contributed by atoms with van der Waals surface area (Å²) < 4.78 is 0. The number of hydrogen-bond donors (Lipinski definition) is 1. The van der Waals surface area contributed by atoms with Gasteiger partial charge in [0.05, 0.1) is 0 Å². The highest BCUT2D eigenvalue weighted by Gasteiger charge is 2.24. The highest BCUT2D eigenvalue weighted by Crippen LogP contribution is 2.12. The molecule has 1 aliphatic heterocycles. The Kier molecular flexibility index (Phi) is 4.23. The number of nitrogens with zero attached hydrogens (tertiary/aromatic N) is 2. The van der Waals surface area contributed by atoms with Gasteiger partial charge in [-0.15, -0.1) is 0 Å². The van der Waals surface area contributed by atoms with E-state index in [2.05, 4.69) is 30.6 Å². The number of nitrogens with one attached hydrogen (secondary N) is 1. The van der Waals surface area contributed by atoms with Crippen LogP contribution in [-0.4, -0.2) is 41.9 Å². The Morgan fingerprint density at radius 2 is 1.93 bits per heavy atom. The Labute approximate surface area is 87.6 Å². The molecule has 3 nitrogen and oxygen atoms in total. The third kappa shape index (κ3) is 2.63. The highest BCUT2D eigenvalue weighted by atomic mass is 15.4. The average Bonchev–Trinajstić information content (AvgIpc) is 2.50. The predicted octanol–water partition coefficient (Wildman–Crippen LogP) is 1.99. The van der Waals surface area contributed by atoms with E-state index in [1.54, 1.807) is 0 Å². The van der Waals surface area contributed by atoms with Gasteiger partial charge in [-0.05, 0) is 12.3 Å². The Hall–Kier alpha value is -0.730. The van der Waals surface area contributed by atoms with Gasteiger partial charge in [0.2, 0.25) is 0 Å². The first-order chi connectivity index (χ1) is 6.69. The molecule has 1 saturated heterocycles. The molecule has 1 atom stereocenters. The van der Waals surface area contributed by atoms with E-state index >= 15 is 0 Å². The molecule has 0 spiro atoms. The molecule has 14 heavy (non-hydrogen) atoms. The average molecular weight is 197 g/mol. The maximum absolute atomic E-state index is 7.99. The second-order valence-corrected chi connectivity index (χ2v) is 4.27. The molecule has 0 saturated carbocycles. The first-order valence-electron chi connectivity index (χ1n) is 5.77. The number of rotatable bonds is 5. The SMILES string of the molecule is CCCN1CCN(CC(C)CC)C1=N. The van der Waals surface area contributed by atoms with Crippen LogP contribution in [0.2, 0.25) is 0 Å². The molecule has 3 heteroatoms. The van der Waals surface area contributed by atoms with Crippen molar-refractivity contribution in [2.45, 2.75) is 33.6 Å². The van der Waals surface area contributed by atoms with E-state index in [-0.39, 0.29) is 0 Å². The van der Waals surface area contributed by atoms with Crippen molar-refractivity contribution in [1.82, 2.24) is 9.80 Å². The first-order valence-corrected chi connectivity index (χ1v) is 5.77. The topological polar surface area (TPSA) is 30.3 Å². The van der Waals surface area contributed by atoms with Gasteiger partial charge in [0.25, 0.3) is 0 Å². The second-order valence-electron chi connectivity index (χ2n) is 4.27. The fourth-order valence-electron chi connectivity index (χ4n) is 1.82. The minimum Gasteiger partial charge on any atom is -0.341 e. The number of hydrogen-bond acceptors (Lipinski definition) is 1. The summed E-state index contributed by atoms with van der Waals surface area (Å²) in [6, 6.07) is 0. The lowest BCUT2D eigenvalue weighted by Crippen LogP contribution is -2.35. The van der Waals surface area contributed by atoms with Gasteiger partial charge in [0, 0.05) is 26.2 Å². The Balaban J connectivity index is 2.39. The summed E-state index contributed by atoms with van der Waals surface area (Å²) in [5, 5.41) is 7.99. The van der Waals surface area contributed by atoms with Gasteiger partial charge in [-0.1, -0.05) is 27.2 Å². The lowest BCUT2D eigenvalue weighted by Gasteiger charge is -2.23. The molecule has 1 unspecified atom stereocenters. The molecule has 1 N–H and O–H groups in total. The van der Waals surface area contributed by atoms with E-state index in [0.29, 0.717) is 5.92 Å². The summed E-state index contributed by atoms with van der Waals surface area (Å²) in [6.07, 6.45) is 2.34. The van der Waals surface area contributed by atoms with Crippen LogP contribution in [0.5, 0.6) is 0 Å². The fourth-order valence-corrected chi connectivity index (χ4v) is 1.82. The van der Waals surface area contributed by atoms with Gasteiger partial charge in [-0.25, -0.2) is 0 Å². The zero-order valence-electron chi connectivity index (χ0n) is 9.71. The van der Waals surface area contributed by atoms with Gasteiger partial charge in [-0.2, -0.15) is 0 Å². The van der Waals surface area contributed by atoms with E-state index in [4.69, 9.17) is 5.41 Å². The molecular formula is C11H23N3. The minimum atomic E-state index is 0.705. The molecule has 1 aliphatic rings. The van der Waals surface area contributed by atoms with Crippen LogP contribution in [0.25, 0.3) is 0 Å². The van der Waals surface area contributed by atoms with Crippen molar-refractivity contribution in [1.29, 1.82) is 5.41 Å². The molecule has 1 fully saturated rings. The predicted molar refractivity (Wildman–Crippen MR) is 60.6 cm³/mol. The van der Waals surface area contributed by atoms with Crippen molar-refractivity contribution < 1.29 is 0 Å². The zero-order chi connectivity index (χ0) is 10.6. The Morgan fingerprint density at radius 1 is 1.29 bits per heavy atom. The molecule has 0 amide bonds. The lowest BCUT2D eigenvalue weighted by atomic mass is 10.1. The molecule has 0 aromatic carbocycles. The summed E-state index contributed by atoms with van der Waals surface area (Å²) in [4.78, 5) is 4.40. The van der Waals surface area contributed by atoms with Crippen LogP contribution in [0.1, 0.15) is 33.6 Å². The largest absolute Gasteiger partial charge is 0.341 e. The fraction of sp³-hybridized carbons (Fsp3) is 0.909. The summed E-state index contributed by atoms with van der Waals surface area (Å²) in [5.41, 5.74) is 0. The van der Waals surface area contributed by atoms with Crippen molar-refractivity contribution in [3.8, 4) is 0 Å². The van der Waals surface area contributed by atoms with E-state index in [0.717, 1.165) is 38.6 Å². The van der Waals surface area contributed by atoms with Gasteiger partial charge in [0.15, 0.2) is 5.96 Å². The molecule has 0 radical (unpaired) electrons. The van der Waals surface area contributed by atoms with Crippen LogP contribution in [0.15, 0.2) is 0 Å². The van der Waals surface area contributed by atoms with Crippen molar-refractivity contribution in [3.05, 3.63) is 0 Å². The molecule has 1 heterocycles. The third-order valence-electron chi connectivity index (χ3n) is 2.96. The third-order valence-corrected chi connectivity index (χ3v) is 2.96. The smallest absolute Gasteiger partial charge is 0.193 e. The van der Waals surface area contributed by atoms with E-state index in [1.165, 1.54) is 6.42 Å². The van der Waals surface area contributed by atoms with Gasteiger partial charge < -0.3 is 9.80 Å². The molecule has 0 bridgehead atoms. The summed E-state index contributed by atoms with van der Waals surface area (Å²) in [5.74, 6) is 1.45. The Morgan fingerprint density at radius 3 is 2.50 bits per heavy atom. The van der Waals surface area contributed by atoms with Crippen LogP contribution < -0.4 is 0 Å². The summed E-state index contributed by atoms with van der Waals surface area (Å²) >= 11 is 0. The van der Waals surface area contributed by atoms with Crippen LogP contribution >= 0.6 is 0 Å².